The Labute approximate surface area is 123 Å². The predicted octanol–water partition coefficient (Wildman–Crippen LogP) is 3.82. The van der Waals surface area contributed by atoms with E-state index in [1.807, 2.05) is 31.2 Å². The minimum absolute atomic E-state index is 0.131. The Bertz CT molecular complexity index is 601. The smallest absolute Gasteiger partial charge is 0.159 e. The molecule has 0 aliphatic rings. The van der Waals surface area contributed by atoms with Crippen LogP contribution in [0, 0.1) is 11.6 Å². The first kappa shape index (κ1) is 15.4. The average molecular weight is 291 g/mol. The summed E-state index contributed by atoms with van der Waals surface area (Å²) in [5.74, 6) is -1.02. The van der Waals surface area contributed by atoms with Gasteiger partial charge in [0.2, 0.25) is 0 Å². The summed E-state index contributed by atoms with van der Waals surface area (Å²) in [6, 6.07) is 11.5. The lowest BCUT2D eigenvalue weighted by molar-refractivity contribution is 0.304. The monoisotopic (exact) mass is 291 g/mol. The second kappa shape index (κ2) is 7.18. The number of halogens is 2. The van der Waals surface area contributed by atoms with Crippen molar-refractivity contribution < 1.29 is 13.5 Å². The molecule has 0 bridgehead atoms. The quantitative estimate of drug-likeness (QED) is 0.878. The topological polar surface area (TPSA) is 35.2 Å². The Morgan fingerprint density at radius 2 is 1.86 bits per heavy atom. The molecule has 0 fully saturated rings. The van der Waals surface area contributed by atoms with Gasteiger partial charge in [-0.1, -0.05) is 25.1 Å². The summed E-state index contributed by atoms with van der Waals surface area (Å²) in [6.07, 6.45) is 1.71. The highest BCUT2D eigenvalue weighted by molar-refractivity contribution is 5.29. The van der Waals surface area contributed by atoms with Gasteiger partial charge in [0.1, 0.15) is 12.4 Å². The fourth-order valence-corrected chi connectivity index (χ4v) is 2.01. The fourth-order valence-electron chi connectivity index (χ4n) is 2.01. The summed E-state index contributed by atoms with van der Waals surface area (Å²) >= 11 is 0. The zero-order chi connectivity index (χ0) is 15.2. The maximum absolute atomic E-state index is 13.1. The maximum Gasteiger partial charge on any atom is 0.159 e. The highest BCUT2D eigenvalue weighted by atomic mass is 19.2. The van der Waals surface area contributed by atoms with Crippen molar-refractivity contribution in [2.24, 2.45) is 5.73 Å². The number of ether oxygens (including phenoxy) is 1. The Hall–Kier alpha value is -1.94. The van der Waals surface area contributed by atoms with Crippen LogP contribution in [0.4, 0.5) is 8.78 Å². The first-order valence-corrected chi connectivity index (χ1v) is 6.99. The first-order chi connectivity index (χ1) is 10.1. The molecule has 0 radical (unpaired) electrons. The van der Waals surface area contributed by atoms with E-state index in [0.717, 1.165) is 30.5 Å². The van der Waals surface area contributed by atoms with Gasteiger partial charge >= 0.3 is 0 Å². The van der Waals surface area contributed by atoms with Crippen molar-refractivity contribution in [3.8, 4) is 5.75 Å². The lowest BCUT2D eigenvalue weighted by Gasteiger charge is -2.11. The molecule has 0 saturated carbocycles. The lowest BCUT2D eigenvalue weighted by Crippen LogP contribution is -2.21. The lowest BCUT2D eigenvalue weighted by atomic mass is 10.0. The molecule has 0 saturated heterocycles. The van der Waals surface area contributed by atoms with Crippen LogP contribution in [0.5, 0.6) is 5.75 Å². The third-order valence-electron chi connectivity index (χ3n) is 3.31. The number of rotatable bonds is 6. The summed E-state index contributed by atoms with van der Waals surface area (Å²) in [7, 11) is 0. The van der Waals surface area contributed by atoms with Crippen LogP contribution in [0.2, 0.25) is 0 Å². The molecule has 0 aliphatic carbocycles. The van der Waals surface area contributed by atoms with E-state index in [9.17, 15) is 8.78 Å². The van der Waals surface area contributed by atoms with Crippen molar-refractivity contribution in [1.82, 2.24) is 0 Å². The molecule has 1 unspecified atom stereocenters. The van der Waals surface area contributed by atoms with Crippen molar-refractivity contribution in [3.63, 3.8) is 0 Å². The van der Waals surface area contributed by atoms with Crippen LogP contribution in [0.3, 0.4) is 0 Å². The van der Waals surface area contributed by atoms with Crippen LogP contribution < -0.4 is 10.5 Å². The molecule has 0 amide bonds. The molecule has 2 aromatic rings. The van der Waals surface area contributed by atoms with E-state index in [-0.39, 0.29) is 12.6 Å². The standard InChI is InChI=1S/C17H19F2NO/c1-2-14(20)8-12-4-3-5-15(9-12)21-11-13-6-7-16(18)17(19)10-13/h3-7,9-10,14H,2,8,11,20H2,1H3. The average Bonchev–Trinajstić information content (AvgIpc) is 2.49. The molecule has 0 aliphatic heterocycles. The molecule has 0 aromatic heterocycles. The SMILES string of the molecule is CCC(N)Cc1cccc(OCc2ccc(F)c(F)c2)c1. The first-order valence-electron chi connectivity index (χ1n) is 6.99. The second-order valence-corrected chi connectivity index (χ2v) is 5.06. The maximum atomic E-state index is 13.1. The van der Waals surface area contributed by atoms with Crippen LogP contribution in [0.1, 0.15) is 24.5 Å². The van der Waals surface area contributed by atoms with Crippen LogP contribution >= 0.6 is 0 Å². The summed E-state index contributed by atoms with van der Waals surface area (Å²) < 4.78 is 31.6. The van der Waals surface area contributed by atoms with E-state index in [0.29, 0.717) is 11.3 Å². The normalized spacial score (nSPS) is 12.2. The summed E-state index contributed by atoms with van der Waals surface area (Å²) in [5, 5.41) is 0. The number of hydrogen-bond donors (Lipinski definition) is 1. The molecule has 21 heavy (non-hydrogen) atoms. The van der Waals surface area contributed by atoms with E-state index >= 15 is 0 Å². The van der Waals surface area contributed by atoms with Gasteiger partial charge in [-0.15, -0.1) is 0 Å². The number of nitrogens with two attached hydrogens (primary N) is 1. The Morgan fingerprint density at radius 3 is 2.57 bits per heavy atom. The van der Waals surface area contributed by atoms with Crippen molar-refractivity contribution >= 4 is 0 Å². The van der Waals surface area contributed by atoms with Gasteiger partial charge in [-0.3, -0.25) is 0 Å². The summed E-state index contributed by atoms with van der Waals surface area (Å²) in [4.78, 5) is 0. The van der Waals surface area contributed by atoms with Crippen molar-refractivity contribution in [2.75, 3.05) is 0 Å². The Balaban J connectivity index is 1.99. The van der Waals surface area contributed by atoms with Gasteiger partial charge in [-0.25, -0.2) is 8.78 Å². The number of benzene rings is 2. The highest BCUT2D eigenvalue weighted by Crippen LogP contribution is 2.17. The molecule has 0 spiro atoms. The van der Waals surface area contributed by atoms with E-state index in [1.165, 1.54) is 6.07 Å². The Morgan fingerprint density at radius 1 is 1.05 bits per heavy atom. The van der Waals surface area contributed by atoms with Gasteiger partial charge in [0.25, 0.3) is 0 Å². The third-order valence-corrected chi connectivity index (χ3v) is 3.31. The minimum atomic E-state index is -0.862. The molecule has 0 heterocycles. The van der Waals surface area contributed by atoms with Crippen LogP contribution in [-0.2, 0) is 13.0 Å². The van der Waals surface area contributed by atoms with E-state index in [2.05, 4.69) is 0 Å². The molecule has 1 atom stereocenters. The van der Waals surface area contributed by atoms with Crippen molar-refractivity contribution in [2.45, 2.75) is 32.4 Å². The van der Waals surface area contributed by atoms with E-state index in [4.69, 9.17) is 10.5 Å². The molecule has 2 aromatic carbocycles. The van der Waals surface area contributed by atoms with Gasteiger partial charge in [0, 0.05) is 6.04 Å². The summed E-state index contributed by atoms with van der Waals surface area (Å²) in [6.45, 7) is 2.24. The predicted molar refractivity (Wildman–Crippen MR) is 79.1 cm³/mol. The zero-order valence-electron chi connectivity index (χ0n) is 12.0. The summed E-state index contributed by atoms with van der Waals surface area (Å²) in [5.41, 5.74) is 7.62. The van der Waals surface area contributed by atoms with Crippen molar-refractivity contribution in [3.05, 3.63) is 65.2 Å². The fraction of sp³-hybridized carbons (Fsp3) is 0.294. The van der Waals surface area contributed by atoms with Crippen molar-refractivity contribution in [1.29, 1.82) is 0 Å². The zero-order valence-corrected chi connectivity index (χ0v) is 12.0. The van der Waals surface area contributed by atoms with Gasteiger partial charge in [0.05, 0.1) is 0 Å². The van der Waals surface area contributed by atoms with Crippen LogP contribution in [0.25, 0.3) is 0 Å². The highest BCUT2D eigenvalue weighted by Gasteiger charge is 2.05. The van der Waals surface area contributed by atoms with Gasteiger partial charge < -0.3 is 10.5 Å². The molecule has 2 rings (SSSR count). The second-order valence-electron chi connectivity index (χ2n) is 5.06. The van der Waals surface area contributed by atoms with E-state index in [1.54, 1.807) is 0 Å². The molecule has 4 heteroatoms. The minimum Gasteiger partial charge on any atom is -0.489 e. The van der Waals surface area contributed by atoms with Gasteiger partial charge in [-0.05, 0) is 48.2 Å². The van der Waals surface area contributed by atoms with Gasteiger partial charge in [-0.2, -0.15) is 0 Å². The van der Waals surface area contributed by atoms with E-state index < -0.39 is 11.6 Å². The third kappa shape index (κ3) is 4.53. The Kier molecular flexibility index (Phi) is 5.28. The largest absolute Gasteiger partial charge is 0.489 e. The van der Waals surface area contributed by atoms with Crippen LogP contribution in [0.15, 0.2) is 42.5 Å². The molecular weight excluding hydrogens is 272 g/mol. The molecular formula is C17H19F2NO. The molecule has 2 N–H and O–H groups in total. The number of hydrogen-bond acceptors (Lipinski definition) is 2. The molecule has 2 nitrogen and oxygen atoms in total. The van der Waals surface area contributed by atoms with Crippen LogP contribution in [-0.4, -0.2) is 6.04 Å². The van der Waals surface area contributed by atoms with Gasteiger partial charge in [0.15, 0.2) is 11.6 Å². The molecule has 112 valence electrons.